The lowest BCUT2D eigenvalue weighted by Crippen LogP contribution is -2.59. The third kappa shape index (κ3) is 3.11. The molecule has 1 aliphatic heterocycles. The lowest BCUT2D eigenvalue weighted by molar-refractivity contribution is -0.148. The van der Waals surface area contributed by atoms with Crippen molar-refractivity contribution in [3.8, 4) is 6.07 Å². The lowest BCUT2D eigenvalue weighted by atomic mass is 9.93. The molecule has 0 aromatic heterocycles. The van der Waals surface area contributed by atoms with Crippen molar-refractivity contribution >= 4 is 11.5 Å². The number of hydrogen-bond acceptors (Lipinski definition) is 4. The number of rotatable bonds is 2. The molecule has 0 N–H and O–H groups in total. The highest BCUT2D eigenvalue weighted by molar-refractivity contribution is 5.95. The number of anilines is 1. The topological polar surface area (TPSA) is 53.3 Å². The Hall–Kier alpha value is -1.86. The number of carbonyl (C=O) groups excluding carboxylic acids is 1. The van der Waals surface area contributed by atoms with Gasteiger partial charge < -0.3 is 9.64 Å². The van der Waals surface area contributed by atoms with Gasteiger partial charge >= 0.3 is 0 Å². The molecule has 23 heavy (non-hydrogen) atoms. The zero-order valence-corrected chi connectivity index (χ0v) is 14.2. The molecule has 4 nitrogen and oxygen atoms in total. The second kappa shape index (κ2) is 5.65. The Bertz CT molecular complexity index is 666. The molecular weight excluding hydrogens is 288 g/mol. The molecule has 4 heteroatoms. The molecule has 3 rings (SSSR count). The molecule has 1 heterocycles. The van der Waals surface area contributed by atoms with E-state index in [-0.39, 0.29) is 17.0 Å². The molecule has 2 aliphatic rings. The van der Waals surface area contributed by atoms with Gasteiger partial charge in [0.05, 0.1) is 22.5 Å². The molecule has 1 spiro atoms. The number of hydrogen-bond donors (Lipinski definition) is 0. The highest BCUT2D eigenvalue weighted by Gasteiger charge is 2.46. The van der Waals surface area contributed by atoms with Crippen LogP contribution in [0.5, 0.6) is 0 Å². The van der Waals surface area contributed by atoms with Crippen molar-refractivity contribution in [1.82, 2.24) is 0 Å². The van der Waals surface area contributed by atoms with Crippen molar-refractivity contribution in [2.24, 2.45) is 0 Å². The van der Waals surface area contributed by atoms with E-state index in [9.17, 15) is 10.1 Å². The Morgan fingerprint density at radius 2 is 1.96 bits per heavy atom. The summed E-state index contributed by atoms with van der Waals surface area (Å²) in [5.41, 5.74) is 1.77. The zero-order chi connectivity index (χ0) is 16.7. The Balaban J connectivity index is 2.01. The lowest BCUT2D eigenvalue weighted by Gasteiger charge is -2.50. The number of carbonyl (C=O) groups is 1. The Kier molecular flexibility index (Phi) is 3.93. The number of ether oxygens (including phenoxy) is 1. The Morgan fingerprint density at radius 3 is 2.57 bits per heavy atom. The summed E-state index contributed by atoms with van der Waals surface area (Å²) in [7, 11) is 0. The number of ketones is 1. The van der Waals surface area contributed by atoms with E-state index in [4.69, 9.17) is 4.74 Å². The fourth-order valence-electron chi connectivity index (χ4n) is 4.07. The van der Waals surface area contributed by atoms with Crippen LogP contribution in [0.4, 0.5) is 5.69 Å². The van der Waals surface area contributed by atoms with Crippen molar-refractivity contribution in [2.45, 2.75) is 57.7 Å². The number of Topliss-reactive ketones (excluding diaryl/α,β-unsaturated/α-hetero) is 1. The van der Waals surface area contributed by atoms with Crippen LogP contribution in [0.2, 0.25) is 0 Å². The van der Waals surface area contributed by atoms with Crippen molar-refractivity contribution in [2.75, 3.05) is 18.0 Å². The molecular formula is C19H24N2O2. The highest BCUT2D eigenvalue weighted by atomic mass is 16.5. The van der Waals surface area contributed by atoms with Crippen LogP contribution in [-0.4, -0.2) is 30.1 Å². The van der Waals surface area contributed by atoms with Crippen LogP contribution in [0, 0.1) is 11.3 Å². The van der Waals surface area contributed by atoms with Crippen LogP contribution >= 0.6 is 0 Å². The SMILES string of the molecule is CC(=O)c1ccc(C#N)c(N2CC(C)(C)OC3(CCCC3)C2)c1. The van der Waals surface area contributed by atoms with Gasteiger partial charge in [-0.25, -0.2) is 0 Å². The molecule has 0 amide bonds. The number of morpholine rings is 1. The third-order valence-electron chi connectivity index (χ3n) is 4.92. The molecule has 1 saturated carbocycles. The molecule has 122 valence electrons. The summed E-state index contributed by atoms with van der Waals surface area (Å²) in [5.74, 6) is 0.0267. The summed E-state index contributed by atoms with van der Waals surface area (Å²) in [6, 6.07) is 7.63. The standard InChI is InChI=1S/C19H24N2O2/c1-14(22)15-6-7-16(11-20)17(10-15)21-12-18(2,3)23-19(13-21)8-4-5-9-19/h6-7,10H,4-5,8-9,12-13H2,1-3H3. The Morgan fingerprint density at radius 1 is 1.26 bits per heavy atom. The maximum atomic E-state index is 11.7. The van der Waals surface area contributed by atoms with Crippen LogP contribution in [-0.2, 0) is 4.74 Å². The second-order valence-corrected chi connectivity index (χ2v) is 7.51. The number of benzene rings is 1. The minimum atomic E-state index is -0.262. The van der Waals surface area contributed by atoms with Crippen molar-refractivity contribution in [3.63, 3.8) is 0 Å². The second-order valence-electron chi connectivity index (χ2n) is 7.51. The van der Waals surface area contributed by atoms with E-state index in [1.54, 1.807) is 19.1 Å². The number of nitrogens with zero attached hydrogens (tertiary/aromatic N) is 2. The summed E-state index contributed by atoms with van der Waals surface area (Å²) in [6.45, 7) is 7.31. The first-order valence-electron chi connectivity index (χ1n) is 8.34. The average molecular weight is 312 g/mol. The fraction of sp³-hybridized carbons (Fsp3) is 0.579. The molecule has 1 aromatic carbocycles. The van der Waals surface area contributed by atoms with E-state index in [2.05, 4.69) is 24.8 Å². The van der Waals surface area contributed by atoms with Gasteiger partial charge in [0.2, 0.25) is 0 Å². The van der Waals surface area contributed by atoms with Crippen LogP contribution in [0.15, 0.2) is 18.2 Å². The molecule has 0 radical (unpaired) electrons. The molecule has 2 fully saturated rings. The van der Waals surface area contributed by atoms with Gasteiger partial charge in [0.1, 0.15) is 6.07 Å². The van der Waals surface area contributed by atoms with Gasteiger partial charge in [0.25, 0.3) is 0 Å². The summed E-state index contributed by atoms with van der Waals surface area (Å²) < 4.78 is 6.43. The van der Waals surface area contributed by atoms with Gasteiger partial charge in [-0.1, -0.05) is 12.8 Å². The summed E-state index contributed by atoms with van der Waals surface area (Å²) in [6.07, 6.45) is 4.54. The van der Waals surface area contributed by atoms with Crippen LogP contribution in [0.3, 0.4) is 0 Å². The maximum Gasteiger partial charge on any atom is 0.159 e. The van der Waals surface area contributed by atoms with Crippen LogP contribution < -0.4 is 4.90 Å². The quantitative estimate of drug-likeness (QED) is 0.782. The third-order valence-corrected chi connectivity index (χ3v) is 4.92. The minimum absolute atomic E-state index is 0.0267. The average Bonchev–Trinajstić information content (AvgIpc) is 2.91. The van der Waals surface area contributed by atoms with E-state index in [0.717, 1.165) is 31.6 Å². The molecule has 0 bridgehead atoms. The van der Waals surface area contributed by atoms with Gasteiger partial charge in [0.15, 0.2) is 5.78 Å². The van der Waals surface area contributed by atoms with E-state index >= 15 is 0 Å². The normalized spacial score (nSPS) is 22.1. The maximum absolute atomic E-state index is 11.7. The van der Waals surface area contributed by atoms with Gasteiger partial charge in [0, 0.05) is 18.7 Å². The van der Waals surface area contributed by atoms with E-state index in [0.29, 0.717) is 11.1 Å². The minimum Gasteiger partial charge on any atom is -0.365 e. The largest absolute Gasteiger partial charge is 0.365 e. The Labute approximate surface area is 138 Å². The van der Waals surface area contributed by atoms with Crippen molar-refractivity contribution in [3.05, 3.63) is 29.3 Å². The molecule has 0 atom stereocenters. The van der Waals surface area contributed by atoms with Crippen molar-refractivity contribution in [1.29, 1.82) is 5.26 Å². The van der Waals surface area contributed by atoms with E-state index in [1.807, 2.05) is 6.07 Å². The molecule has 0 unspecified atom stereocenters. The molecule has 1 aliphatic carbocycles. The summed E-state index contributed by atoms with van der Waals surface area (Å²) in [4.78, 5) is 14.0. The first-order valence-corrected chi connectivity index (χ1v) is 8.34. The predicted octanol–water partition coefficient (Wildman–Crippen LogP) is 3.69. The van der Waals surface area contributed by atoms with Crippen molar-refractivity contribution < 1.29 is 9.53 Å². The smallest absolute Gasteiger partial charge is 0.159 e. The van der Waals surface area contributed by atoms with Gasteiger partial charge in [-0.3, -0.25) is 4.79 Å². The predicted molar refractivity (Wildman–Crippen MR) is 89.7 cm³/mol. The van der Waals surface area contributed by atoms with E-state index in [1.165, 1.54) is 12.8 Å². The van der Waals surface area contributed by atoms with Crippen LogP contribution in [0.1, 0.15) is 62.4 Å². The summed E-state index contributed by atoms with van der Waals surface area (Å²) in [5, 5.41) is 9.47. The summed E-state index contributed by atoms with van der Waals surface area (Å²) >= 11 is 0. The molecule has 1 saturated heterocycles. The zero-order valence-electron chi connectivity index (χ0n) is 14.2. The number of nitriles is 1. The van der Waals surface area contributed by atoms with Gasteiger partial charge in [-0.15, -0.1) is 0 Å². The van der Waals surface area contributed by atoms with E-state index < -0.39 is 0 Å². The van der Waals surface area contributed by atoms with Gasteiger partial charge in [-0.05, 0) is 51.8 Å². The first kappa shape index (κ1) is 16.0. The molecule has 1 aromatic rings. The fourth-order valence-corrected chi connectivity index (χ4v) is 4.07. The monoisotopic (exact) mass is 312 g/mol. The highest BCUT2D eigenvalue weighted by Crippen LogP contribution is 2.42. The first-order chi connectivity index (χ1) is 10.8. The van der Waals surface area contributed by atoms with Gasteiger partial charge in [-0.2, -0.15) is 5.26 Å². The van der Waals surface area contributed by atoms with Crippen LogP contribution in [0.25, 0.3) is 0 Å².